The summed E-state index contributed by atoms with van der Waals surface area (Å²) in [4.78, 5) is 26.2. The van der Waals surface area contributed by atoms with Crippen LogP contribution >= 0.6 is 0 Å². The molecule has 3 rings (SSSR count). The van der Waals surface area contributed by atoms with Crippen LogP contribution in [0.2, 0.25) is 0 Å². The molecule has 0 unspecified atom stereocenters. The van der Waals surface area contributed by atoms with E-state index in [0.29, 0.717) is 5.89 Å². The van der Waals surface area contributed by atoms with E-state index in [1.807, 2.05) is 31.2 Å². The Kier molecular flexibility index (Phi) is 3.71. The zero-order valence-corrected chi connectivity index (χ0v) is 12.2. The zero-order chi connectivity index (χ0) is 16.4. The van der Waals surface area contributed by atoms with E-state index in [1.54, 1.807) is 0 Å². The number of hydrogen-bond acceptors (Lipinski definition) is 6. The molecular weight excluding hydrogens is 300 g/mol. The van der Waals surface area contributed by atoms with Gasteiger partial charge in [-0.2, -0.15) is 4.98 Å². The minimum atomic E-state index is -0.565. The number of rotatable bonds is 4. The van der Waals surface area contributed by atoms with Gasteiger partial charge in [-0.25, -0.2) is 0 Å². The van der Waals surface area contributed by atoms with Gasteiger partial charge in [-0.15, -0.1) is 0 Å². The molecule has 0 aliphatic heterocycles. The quantitative estimate of drug-likeness (QED) is 0.540. The normalized spacial score (nSPS) is 10.7. The van der Waals surface area contributed by atoms with Gasteiger partial charge in [0, 0.05) is 17.7 Å². The Bertz CT molecular complexity index is 929. The Balaban J connectivity index is 1.89. The maximum Gasteiger partial charge on any atom is 0.285 e. The van der Waals surface area contributed by atoms with Crippen molar-refractivity contribution in [3.63, 3.8) is 0 Å². The predicted octanol–water partition coefficient (Wildman–Crippen LogP) is 2.16. The van der Waals surface area contributed by atoms with Crippen molar-refractivity contribution in [1.82, 2.24) is 14.7 Å². The van der Waals surface area contributed by atoms with E-state index in [0.717, 1.165) is 29.5 Å². The van der Waals surface area contributed by atoms with Crippen LogP contribution in [-0.4, -0.2) is 19.6 Å². The maximum absolute atomic E-state index is 11.8. The third-order valence-electron chi connectivity index (χ3n) is 3.22. The molecule has 8 nitrogen and oxygen atoms in total. The molecule has 0 aliphatic carbocycles. The van der Waals surface area contributed by atoms with Gasteiger partial charge in [0.1, 0.15) is 0 Å². The van der Waals surface area contributed by atoms with Gasteiger partial charge in [-0.05, 0) is 19.1 Å². The summed E-state index contributed by atoms with van der Waals surface area (Å²) in [6.45, 7) is 1.94. The molecule has 0 bridgehead atoms. The topological polar surface area (TPSA) is 104 Å². The summed E-state index contributed by atoms with van der Waals surface area (Å²) >= 11 is 0. The first kappa shape index (κ1) is 14.6. The van der Waals surface area contributed by atoms with Gasteiger partial charge in [0.15, 0.2) is 5.82 Å². The third kappa shape index (κ3) is 3.15. The molecule has 3 aromatic rings. The highest BCUT2D eigenvalue weighted by molar-refractivity contribution is 5.53. The van der Waals surface area contributed by atoms with E-state index >= 15 is 0 Å². The standard InChI is InChI=1S/C15H12N4O4/c1-10-3-2-4-11(7-10)15-16-13(17-23-15)9-18-8-12(19(21)22)5-6-14(18)20/h2-8H,9H2,1H3. The largest absolute Gasteiger partial charge is 0.334 e. The summed E-state index contributed by atoms with van der Waals surface area (Å²) in [5.74, 6) is 0.603. The van der Waals surface area contributed by atoms with Crippen LogP contribution < -0.4 is 5.56 Å². The van der Waals surface area contributed by atoms with Crippen molar-refractivity contribution in [2.24, 2.45) is 0 Å². The molecule has 8 heteroatoms. The minimum absolute atomic E-state index is 0.00414. The Morgan fingerprint density at radius 3 is 2.87 bits per heavy atom. The number of hydrogen-bond donors (Lipinski definition) is 0. The number of benzene rings is 1. The van der Waals surface area contributed by atoms with Gasteiger partial charge in [-0.3, -0.25) is 14.9 Å². The Labute approximate surface area is 130 Å². The predicted molar refractivity (Wildman–Crippen MR) is 80.9 cm³/mol. The maximum atomic E-state index is 11.8. The van der Waals surface area contributed by atoms with E-state index in [1.165, 1.54) is 4.57 Å². The molecule has 116 valence electrons. The summed E-state index contributed by atoms with van der Waals surface area (Å²) < 4.78 is 6.35. The first-order valence-electron chi connectivity index (χ1n) is 6.77. The first-order valence-corrected chi connectivity index (χ1v) is 6.77. The van der Waals surface area contributed by atoms with E-state index in [-0.39, 0.29) is 23.6 Å². The molecule has 0 atom stereocenters. The van der Waals surface area contributed by atoms with Crippen molar-refractivity contribution >= 4 is 5.69 Å². The van der Waals surface area contributed by atoms with Crippen molar-refractivity contribution in [3.8, 4) is 11.5 Å². The van der Waals surface area contributed by atoms with Crippen molar-refractivity contribution in [3.05, 3.63) is 74.5 Å². The molecule has 0 saturated carbocycles. The highest BCUT2D eigenvalue weighted by Crippen LogP contribution is 2.18. The molecule has 0 amide bonds. The van der Waals surface area contributed by atoms with Crippen LogP contribution in [0.15, 0.2) is 51.9 Å². The Morgan fingerprint density at radius 2 is 2.13 bits per heavy atom. The van der Waals surface area contributed by atoms with Crippen LogP contribution in [0, 0.1) is 17.0 Å². The van der Waals surface area contributed by atoms with Gasteiger partial charge >= 0.3 is 0 Å². The number of aromatic nitrogens is 3. The smallest absolute Gasteiger partial charge is 0.285 e. The summed E-state index contributed by atoms with van der Waals surface area (Å²) in [6.07, 6.45) is 1.16. The number of nitrogens with zero attached hydrogens (tertiary/aromatic N) is 4. The lowest BCUT2D eigenvalue weighted by molar-refractivity contribution is -0.385. The van der Waals surface area contributed by atoms with Gasteiger partial charge in [0.2, 0.25) is 0 Å². The van der Waals surface area contributed by atoms with Crippen LogP contribution in [0.3, 0.4) is 0 Å². The summed E-state index contributed by atoms with van der Waals surface area (Å²) in [6, 6.07) is 9.86. The van der Waals surface area contributed by atoms with Crippen LogP contribution in [0.1, 0.15) is 11.4 Å². The molecule has 0 saturated heterocycles. The fourth-order valence-corrected chi connectivity index (χ4v) is 2.12. The highest BCUT2D eigenvalue weighted by Gasteiger charge is 2.12. The lowest BCUT2D eigenvalue weighted by atomic mass is 10.1. The molecule has 0 radical (unpaired) electrons. The molecule has 2 heterocycles. The van der Waals surface area contributed by atoms with Gasteiger partial charge in [0.05, 0.1) is 17.7 Å². The third-order valence-corrected chi connectivity index (χ3v) is 3.22. The van der Waals surface area contributed by atoms with E-state index in [9.17, 15) is 14.9 Å². The SMILES string of the molecule is Cc1cccc(-c2nc(Cn3cc([N+](=O)[O-])ccc3=O)no2)c1. The van der Waals surface area contributed by atoms with Crippen LogP contribution in [0.25, 0.3) is 11.5 Å². The van der Waals surface area contributed by atoms with E-state index in [4.69, 9.17) is 4.52 Å². The second kappa shape index (κ2) is 5.84. The molecular formula is C15H12N4O4. The van der Waals surface area contributed by atoms with Crippen molar-refractivity contribution < 1.29 is 9.45 Å². The zero-order valence-electron chi connectivity index (χ0n) is 12.2. The minimum Gasteiger partial charge on any atom is -0.334 e. The summed E-state index contributed by atoms with van der Waals surface area (Å²) in [5.41, 5.74) is 1.27. The van der Waals surface area contributed by atoms with Gasteiger partial charge in [-0.1, -0.05) is 22.9 Å². The molecule has 2 aromatic heterocycles. The molecule has 0 spiro atoms. The van der Waals surface area contributed by atoms with E-state index in [2.05, 4.69) is 10.1 Å². The van der Waals surface area contributed by atoms with Crippen molar-refractivity contribution in [2.45, 2.75) is 13.5 Å². The van der Waals surface area contributed by atoms with Crippen LogP contribution in [0.4, 0.5) is 5.69 Å². The van der Waals surface area contributed by atoms with Gasteiger partial charge < -0.3 is 9.09 Å². The lowest BCUT2D eigenvalue weighted by Crippen LogP contribution is -2.20. The van der Waals surface area contributed by atoms with Crippen LogP contribution in [-0.2, 0) is 6.54 Å². The first-order chi connectivity index (χ1) is 11.0. The summed E-state index contributed by atoms with van der Waals surface area (Å²) in [7, 11) is 0. The Morgan fingerprint density at radius 1 is 1.30 bits per heavy atom. The number of aryl methyl sites for hydroxylation is 1. The number of nitro groups is 1. The van der Waals surface area contributed by atoms with Crippen molar-refractivity contribution in [1.29, 1.82) is 0 Å². The van der Waals surface area contributed by atoms with Crippen LogP contribution in [0.5, 0.6) is 0 Å². The molecule has 0 N–H and O–H groups in total. The lowest BCUT2D eigenvalue weighted by Gasteiger charge is -2.00. The Hall–Kier alpha value is -3.29. The average Bonchev–Trinajstić information content (AvgIpc) is 2.98. The summed E-state index contributed by atoms with van der Waals surface area (Å²) in [5, 5.41) is 14.6. The van der Waals surface area contributed by atoms with Crippen molar-refractivity contribution in [2.75, 3.05) is 0 Å². The second-order valence-corrected chi connectivity index (χ2v) is 5.00. The average molecular weight is 312 g/mol. The fraction of sp³-hybridized carbons (Fsp3) is 0.133. The molecule has 23 heavy (non-hydrogen) atoms. The monoisotopic (exact) mass is 312 g/mol. The van der Waals surface area contributed by atoms with Gasteiger partial charge in [0.25, 0.3) is 17.1 Å². The number of pyridine rings is 1. The second-order valence-electron chi connectivity index (χ2n) is 5.00. The molecule has 0 aliphatic rings. The van der Waals surface area contributed by atoms with E-state index < -0.39 is 4.92 Å². The molecule has 1 aromatic carbocycles. The molecule has 0 fully saturated rings. The highest BCUT2D eigenvalue weighted by atomic mass is 16.6. The fourth-order valence-electron chi connectivity index (χ4n) is 2.12.